The van der Waals surface area contributed by atoms with E-state index in [0.29, 0.717) is 12.3 Å². The van der Waals surface area contributed by atoms with Gasteiger partial charge >= 0.3 is 0 Å². The largest absolute Gasteiger partial charge is 0.508 e. The average Bonchev–Trinajstić information content (AvgIpc) is 2.32. The highest BCUT2D eigenvalue weighted by atomic mass is 79.9. The number of aromatic nitrogens is 1. The summed E-state index contributed by atoms with van der Waals surface area (Å²) in [5.74, 6) is 0.308. The first kappa shape index (κ1) is 11.9. The number of anilines is 1. The lowest BCUT2D eigenvalue weighted by atomic mass is 10.1. The van der Waals surface area contributed by atoms with Crippen LogP contribution >= 0.6 is 15.9 Å². The number of hydrogen-bond acceptors (Lipinski definition) is 3. The van der Waals surface area contributed by atoms with Gasteiger partial charge in [0.25, 0.3) is 0 Å². The van der Waals surface area contributed by atoms with Crippen molar-refractivity contribution >= 4 is 21.6 Å². The molecule has 2 rings (SSSR count). The zero-order valence-corrected chi connectivity index (χ0v) is 11.0. The minimum atomic E-state index is 0.308. The first-order chi connectivity index (χ1) is 8.16. The van der Waals surface area contributed by atoms with Gasteiger partial charge in [0.05, 0.1) is 5.69 Å². The Kier molecular flexibility index (Phi) is 3.64. The van der Waals surface area contributed by atoms with Crippen LogP contribution in [0.2, 0.25) is 0 Å². The van der Waals surface area contributed by atoms with Crippen LogP contribution < -0.4 is 5.32 Å². The highest BCUT2D eigenvalue weighted by Crippen LogP contribution is 2.22. The van der Waals surface area contributed by atoms with Gasteiger partial charge in [0.1, 0.15) is 10.4 Å². The number of rotatable bonds is 3. The number of phenols is 1. The molecule has 1 aromatic heterocycles. The van der Waals surface area contributed by atoms with Gasteiger partial charge in [-0.2, -0.15) is 0 Å². The number of halogens is 1. The lowest BCUT2D eigenvalue weighted by molar-refractivity contribution is 0.469. The SMILES string of the molecule is Cc1ccc(O)c(CNc2cccnc2Br)c1. The lowest BCUT2D eigenvalue weighted by Gasteiger charge is -2.09. The Morgan fingerprint density at radius 3 is 2.94 bits per heavy atom. The summed E-state index contributed by atoms with van der Waals surface area (Å²) in [4.78, 5) is 4.12. The van der Waals surface area contributed by atoms with Crippen molar-refractivity contribution < 1.29 is 5.11 Å². The van der Waals surface area contributed by atoms with Gasteiger partial charge in [-0.15, -0.1) is 0 Å². The Morgan fingerprint density at radius 2 is 2.18 bits per heavy atom. The van der Waals surface area contributed by atoms with Gasteiger partial charge in [0, 0.05) is 18.3 Å². The molecule has 2 N–H and O–H groups in total. The number of nitrogens with zero attached hydrogens (tertiary/aromatic N) is 1. The highest BCUT2D eigenvalue weighted by molar-refractivity contribution is 9.10. The number of pyridine rings is 1. The molecule has 4 heteroatoms. The molecule has 1 aromatic carbocycles. The molecule has 0 unspecified atom stereocenters. The minimum Gasteiger partial charge on any atom is -0.508 e. The Balaban J connectivity index is 2.12. The molecule has 0 aliphatic rings. The molecule has 0 aliphatic carbocycles. The molecule has 0 saturated heterocycles. The molecule has 3 nitrogen and oxygen atoms in total. The van der Waals surface area contributed by atoms with Gasteiger partial charge in [0.2, 0.25) is 0 Å². The second-order valence-electron chi connectivity index (χ2n) is 3.83. The van der Waals surface area contributed by atoms with Crippen LogP contribution in [0, 0.1) is 6.92 Å². The first-order valence-electron chi connectivity index (χ1n) is 5.29. The molecular weight excluding hydrogens is 280 g/mol. The van der Waals surface area contributed by atoms with Gasteiger partial charge in [0.15, 0.2) is 0 Å². The van der Waals surface area contributed by atoms with Crippen molar-refractivity contribution in [3.05, 3.63) is 52.3 Å². The Labute approximate surface area is 109 Å². The summed E-state index contributed by atoms with van der Waals surface area (Å²) < 4.78 is 0.771. The van der Waals surface area contributed by atoms with Crippen LogP contribution in [0.15, 0.2) is 41.1 Å². The molecular formula is C13H13BrN2O. The Bertz CT molecular complexity index is 529. The molecule has 0 aliphatic heterocycles. The molecule has 0 radical (unpaired) electrons. The number of hydrogen-bond donors (Lipinski definition) is 2. The van der Waals surface area contributed by atoms with E-state index in [1.54, 1.807) is 12.3 Å². The predicted octanol–water partition coefficient (Wildman–Crippen LogP) is 3.47. The van der Waals surface area contributed by atoms with Crippen molar-refractivity contribution in [1.29, 1.82) is 0 Å². The fraction of sp³-hybridized carbons (Fsp3) is 0.154. The van der Waals surface area contributed by atoms with Crippen molar-refractivity contribution in [3.8, 4) is 5.75 Å². The molecule has 0 spiro atoms. The minimum absolute atomic E-state index is 0.308. The fourth-order valence-electron chi connectivity index (χ4n) is 1.56. The van der Waals surface area contributed by atoms with Crippen LogP contribution in [-0.2, 0) is 6.54 Å². The van der Waals surface area contributed by atoms with Gasteiger partial charge in [-0.1, -0.05) is 17.7 Å². The zero-order valence-electron chi connectivity index (χ0n) is 9.44. The molecule has 88 valence electrons. The number of phenolic OH excluding ortho intramolecular Hbond substituents is 1. The third-order valence-electron chi connectivity index (χ3n) is 2.46. The Morgan fingerprint density at radius 1 is 1.35 bits per heavy atom. The van der Waals surface area contributed by atoms with E-state index < -0.39 is 0 Å². The number of aryl methyl sites for hydroxylation is 1. The fourth-order valence-corrected chi connectivity index (χ4v) is 1.95. The number of aromatic hydroxyl groups is 1. The molecule has 0 fully saturated rings. The molecule has 0 atom stereocenters. The van der Waals surface area contributed by atoms with E-state index in [9.17, 15) is 5.11 Å². The van der Waals surface area contributed by atoms with Crippen molar-refractivity contribution in [2.45, 2.75) is 13.5 Å². The topological polar surface area (TPSA) is 45.1 Å². The Hall–Kier alpha value is -1.55. The van der Waals surface area contributed by atoms with Crippen molar-refractivity contribution in [1.82, 2.24) is 4.98 Å². The predicted molar refractivity (Wildman–Crippen MR) is 72.1 cm³/mol. The summed E-state index contributed by atoms with van der Waals surface area (Å²) in [6.07, 6.45) is 1.72. The third-order valence-corrected chi connectivity index (χ3v) is 3.10. The molecule has 2 aromatic rings. The quantitative estimate of drug-likeness (QED) is 0.852. The number of nitrogens with one attached hydrogen (secondary N) is 1. The van der Waals surface area contributed by atoms with Crippen LogP contribution in [0.5, 0.6) is 5.75 Å². The van der Waals surface area contributed by atoms with Crippen LogP contribution in [-0.4, -0.2) is 10.1 Å². The van der Waals surface area contributed by atoms with E-state index in [-0.39, 0.29) is 0 Å². The summed E-state index contributed by atoms with van der Waals surface area (Å²) >= 11 is 3.37. The van der Waals surface area contributed by atoms with E-state index in [1.165, 1.54) is 0 Å². The van der Waals surface area contributed by atoms with E-state index >= 15 is 0 Å². The summed E-state index contributed by atoms with van der Waals surface area (Å²) in [5.41, 5.74) is 2.92. The zero-order chi connectivity index (χ0) is 12.3. The smallest absolute Gasteiger partial charge is 0.129 e. The summed E-state index contributed by atoms with van der Waals surface area (Å²) in [5, 5.41) is 12.9. The standard InChI is InChI=1S/C13H13BrN2O/c1-9-4-5-12(17)10(7-9)8-16-11-3-2-6-15-13(11)14/h2-7,16-17H,8H2,1H3. The molecule has 1 heterocycles. The summed E-state index contributed by atoms with van der Waals surface area (Å²) in [6.45, 7) is 2.57. The highest BCUT2D eigenvalue weighted by Gasteiger charge is 2.03. The summed E-state index contributed by atoms with van der Waals surface area (Å²) in [6, 6.07) is 9.36. The van der Waals surface area contributed by atoms with E-state index in [4.69, 9.17) is 0 Å². The van der Waals surface area contributed by atoms with Crippen molar-refractivity contribution in [3.63, 3.8) is 0 Å². The first-order valence-corrected chi connectivity index (χ1v) is 6.09. The van der Waals surface area contributed by atoms with Crippen LogP contribution in [0.1, 0.15) is 11.1 Å². The lowest BCUT2D eigenvalue weighted by Crippen LogP contribution is -2.01. The van der Waals surface area contributed by atoms with Gasteiger partial charge < -0.3 is 10.4 Å². The third kappa shape index (κ3) is 2.97. The van der Waals surface area contributed by atoms with Crippen LogP contribution in [0.25, 0.3) is 0 Å². The van der Waals surface area contributed by atoms with Crippen LogP contribution in [0.4, 0.5) is 5.69 Å². The normalized spacial score (nSPS) is 10.2. The summed E-state index contributed by atoms with van der Waals surface area (Å²) in [7, 11) is 0. The average molecular weight is 293 g/mol. The number of benzene rings is 1. The maximum Gasteiger partial charge on any atom is 0.129 e. The van der Waals surface area contributed by atoms with E-state index in [0.717, 1.165) is 21.4 Å². The maximum absolute atomic E-state index is 9.71. The van der Waals surface area contributed by atoms with Gasteiger partial charge in [-0.3, -0.25) is 0 Å². The van der Waals surface area contributed by atoms with Gasteiger partial charge in [-0.05, 0) is 41.1 Å². The molecule has 0 saturated carbocycles. The van der Waals surface area contributed by atoms with Crippen molar-refractivity contribution in [2.75, 3.05) is 5.32 Å². The maximum atomic E-state index is 9.71. The van der Waals surface area contributed by atoms with E-state index in [2.05, 4.69) is 26.2 Å². The van der Waals surface area contributed by atoms with Gasteiger partial charge in [-0.25, -0.2) is 4.98 Å². The second-order valence-corrected chi connectivity index (χ2v) is 4.58. The molecule has 0 amide bonds. The second kappa shape index (κ2) is 5.19. The van der Waals surface area contributed by atoms with Crippen molar-refractivity contribution in [2.24, 2.45) is 0 Å². The molecule has 0 bridgehead atoms. The molecule has 17 heavy (non-hydrogen) atoms. The van der Waals surface area contributed by atoms with E-state index in [1.807, 2.05) is 31.2 Å². The van der Waals surface area contributed by atoms with Crippen LogP contribution in [0.3, 0.4) is 0 Å². The monoisotopic (exact) mass is 292 g/mol.